The number of aromatic nitrogens is 2. The zero-order valence-electron chi connectivity index (χ0n) is 18.2. The first-order chi connectivity index (χ1) is 16.9. The van der Waals surface area contributed by atoms with E-state index in [1.165, 1.54) is 13.3 Å². The minimum absolute atomic E-state index is 0.258. The average Bonchev–Trinajstić information content (AvgIpc) is 2.86. The van der Waals surface area contributed by atoms with Crippen molar-refractivity contribution in [2.45, 2.75) is 0 Å². The summed E-state index contributed by atoms with van der Waals surface area (Å²) in [6, 6.07) is 17.3. The Balaban J connectivity index is 1.60. The lowest BCUT2D eigenvalue weighted by Crippen LogP contribution is -2.32. The van der Waals surface area contributed by atoms with Crippen LogP contribution >= 0.6 is 31.9 Å². The van der Waals surface area contributed by atoms with Crippen LogP contribution < -0.4 is 26.0 Å². The molecule has 2 N–H and O–H groups in total. The van der Waals surface area contributed by atoms with Gasteiger partial charge in [0.15, 0.2) is 18.1 Å². The number of hydrogen-bond donors (Lipinski definition) is 2. The summed E-state index contributed by atoms with van der Waals surface area (Å²) in [6.45, 7) is -0.258. The van der Waals surface area contributed by atoms with E-state index in [1.54, 1.807) is 42.5 Å². The summed E-state index contributed by atoms with van der Waals surface area (Å²) in [6.07, 6.45) is 1.34. The predicted octanol–water partition coefficient (Wildman–Crippen LogP) is 4.12. The molecule has 1 heterocycles. The van der Waals surface area contributed by atoms with E-state index in [4.69, 9.17) is 9.47 Å². The summed E-state index contributed by atoms with van der Waals surface area (Å²) in [4.78, 5) is 40.0. The van der Waals surface area contributed by atoms with E-state index in [9.17, 15) is 14.4 Å². The molecule has 0 fully saturated rings. The van der Waals surface area contributed by atoms with Crippen LogP contribution in [0.25, 0.3) is 10.9 Å². The molecule has 0 radical (unpaired) electrons. The van der Waals surface area contributed by atoms with E-state index in [-0.39, 0.29) is 12.5 Å². The van der Waals surface area contributed by atoms with Gasteiger partial charge in [0.1, 0.15) is 0 Å². The van der Waals surface area contributed by atoms with Crippen molar-refractivity contribution < 1.29 is 14.3 Å². The highest BCUT2D eigenvalue weighted by Crippen LogP contribution is 2.42. The molecule has 0 bridgehead atoms. The summed E-state index contributed by atoms with van der Waals surface area (Å²) in [7, 11) is 1.45. The number of fused-ring (bicyclic) bond motifs is 1. The molecule has 0 aliphatic rings. The Labute approximate surface area is 215 Å². The number of nitrogens with zero attached hydrogens (tertiary/aromatic N) is 2. The molecule has 0 atom stereocenters. The van der Waals surface area contributed by atoms with E-state index in [2.05, 4.69) is 47.3 Å². The Morgan fingerprint density at radius 3 is 2.54 bits per heavy atom. The highest BCUT2D eigenvalue weighted by atomic mass is 79.9. The van der Waals surface area contributed by atoms with Gasteiger partial charge in [-0.3, -0.25) is 9.59 Å². The van der Waals surface area contributed by atoms with E-state index in [0.29, 0.717) is 42.6 Å². The molecule has 0 spiro atoms. The number of amides is 1. The molecule has 4 aromatic rings. The van der Waals surface area contributed by atoms with E-state index < -0.39 is 11.2 Å². The number of methoxy groups -OCH3 is 1. The maximum atomic E-state index is 12.7. The number of hydrogen-bond acceptors (Lipinski definition) is 6. The maximum absolute atomic E-state index is 12.7. The van der Waals surface area contributed by atoms with E-state index in [0.717, 1.165) is 4.68 Å². The molecule has 11 heteroatoms. The molecule has 178 valence electrons. The number of H-pyrrole nitrogens is 1. The van der Waals surface area contributed by atoms with Gasteiger partial charge in [0.25, 0.3) is 11.5 Å². The number of aromatic amines is 1. The maximum Gasteiger partial charge on any atom is 0.349 e. The van der Waals surface area contributed by atoms with Gasteiger partial charge in [0, 0.05) is 15.7 Å². The Morgan fingerprint density at radius 2 is 1.80 bits per heavy atom. The topological polar surface area (TPSA) is 115 Å². The first kappa shape index (κ1) is 24.4. The highest BCUT2D eigenvalue weighted by molar-refractivity contribution is 9.13. The molecule has 4 rings (SSSR count). The van der Waals surface area contributed by atoms with Crippen LogP contribution in [0, 0.1) is 0 Å². The van der Waals surface area contributed by atoms with Gasteiger partial charge in [-0.1, -0.05) is 30.3 Å². The molecule has 1 aromatic heterocycles. The number of anilines is 1. The normalized spacial score (nSPS) is 11.1. The zero-order valence-corrected chi connectivity index (χ0v) is 21.4. The van der Waals surface area contributed by atoms with Gasteiger partial charge in [-0.2, -0.15) is 5.10 Å². The number of ether oxygens (including phenoxy) is 2. The van der Waals surface area contributed by atoms with Gasteiger partial charge in [0.05, 0.1) is 28.7 Å². The molecule has 3 aromatic carbocycles. The van der Waals surface area contributed by atoms with Crippen LogP contribution in [0.2, 0.25) is 0 Å². The van der Waals surface area contributed by atoms with Gasteiger partial charge in [-0.05, 0) is 62.2 Å². The summed E-state index contributed by atoms with van der Waals surface area (Å²) < 4.78 is 12.9. The minimum Gasteiger partial charge on any atom is -0.493 e. The molecule has 9 nitrogen and oxygen atoms in total. The second kappa shape index (κ2) is 10.7. The molecular formula is C24H18Br2N4O5. The second-order valence-electron chi connectivity index (χ2n) is 7.17. The fourth-order valence-electron chi connectivity index (χ4n) is 3.22. The third-order valence-corrected chi connectivity index (χ3v) is 7.02. The van der Waals surface area contributed by atoms with Crippen molar-refractivity contribution in [1.82, 2.24) is 9.66 Å². The first-order valence-electron chi connectivity index (χ1n) is 10.2. The molecular weight excluding hydrogens is 584 g/mol. The minimum atomic E-state index is -0.670. The summed E-state index contributed by atoms with van der Waals surface area (Å²) >= 11 is 6.90. The van der Waals surface area contributed by atoms with Gasteiger partial charge >= 0.3 is 5.69 Å². The van der Waals surface area contributed by atoms with Crippen LogP contribution in [0.3, 0.4) is 0 Å². The van der Waals surface area contributed by atoms with Crippen molar-refractivity contribution in [3.05, 3.63) is 96.0 Å². The van der Waals surface area contributed by atoms with Crippen molar-refractivity contribution in [2.75, 3.05) is 19.0 Å². The fourth-order valence-corrected chi connectivity index (χ4v) is 4.15. The number of benzene rings is 3. The van der Waals surface area contributed by atoms with Crippen molar-refractivity contribution in [2.24, 2.45) is 5.10 Å². The van der Waals surface area contributed by atoms with E-state index >= 15 is 0 Å². The summed E-state index contributed by atoms with van der Waals surface area (Å²) in [5, 5.41) is 7.15. The SMILES string of the molecule is COc1cc(C=Nn2c(=O)[nH]c3ccccc3c2=O)c(Br)c(Br)c1OCC(=O)Nc1ccccc1. The van der Waals surface area contributed by atoms with E-state index in [1.807, 2.05) is 18.2 Å². The number of rotatable bonds is 7. The Morgan fingerprint density at radius 1 is 1.09 bits per heavy atom. The standard InChI is InChI=1S/C24H18Br2N4O5/c1-34-18-11-14(12-27-30-23(32)16-9-5-6-10-17(16)29-24(30)33)20(25)21(26)22(18)35-13-19(31)28-15-7-3-2-4-8-15/h2-12H,13H2,1H3,(H,28,31)(H,29,33). The predicted molar refractivity (Wildman–Crippen MR) is 141 cm³/mol. The van der Waals surface area contributed by atoms with Crippen molar-refractivity contribution in [1.29, 1.82) is 0 Å². The highest BCUT2D eigenvalue weighted by Gasteiger charge is 2.18. The van der Waals surface area contributed by atoms with Crippen LogP contribution in [0.1, 0.15) is 5.56 Å². The van der Waals surface area contributed by atoms with Crippen LogP contribution in [0.5, 0.6) is 11.5 Å². The number of carbonyl (C=O) groups excluding carboxylic acids is 1. The largest absolute Gasteiger partial charge is 0.493 e. The number of carbonyl (C=O) groups is 1. The summed E-state index contributed by atoms with van der Waals surface area (Å²) in [5.41, 5.74) is 0.356. The number of para-hydroxylation sites is 2. The van der Waals surface area contributed by atoms with Gasteiger partial charge in [0.2, 0.25) is 0 Å². The van der Waals surface area contributed by atoms with Gasteiger partial charge in [-0.15, -0.1) is 4.68 Å². The monoisotopic (exact) mass is 600 g/mol. The van der Waals surface area contributed by atoms with Crippen molar-refractivity contribution in [3.63, 3.8) is 0 Å². The molecule has 0 aliphatic heterocycles. The smallest absolute Gasteiger partial charge is 0.349 e. The lowest BCUT2D eigenvalue weighted by molar-refractivity contribution is -0.118. The lowest BCUT2D eigenvalue weighted by atomic mass is 10.2. The number of halogens is 2. The quantitative estimate of drug-likeness (QED) is 0.309. The molecule has 35 heavy (non-hydrogen) atoms. The second-order valence-corrected chi connectivity index (χ2v) is 8.75. The fraction of sp³-hybridized carbons (Fsp3) is 0.0833. The zero-order chi connectivity index (χ0) is 24.9. The molecule has 1 amide bonds. The Kier molecular flexibility index (Phi) is 7.47. The van der Waals surface area contributed by atoms with Gasteiger partial charge < -0.3 is 19.8 Å². The molecule has 0 saturated carbocycles. The van der Waals surface area contributed by atoms with Crippen LogP contribution in [-0.2, 0) is 4.79 Å². The first-order valence-corrected chi connectivity index (χ1v) is 11.8. The molecule has 0 unspecified atom stereocenters. The molecule has 0 aliphatic carbocycles. The third-order valence-electron chi connectivity index (χ3n) is 4.88. The number of nitrogens with one attached hydrogen (secondary N) is 2. The van der Waals surface area contributed by atoms with Crippen LogP contribution in [-0.4, -0.2) is 35.5 Å². The Bertz CT molecular complexity index is 1550. The van der Waals surface area contributed by atoms with Crippen LogP contribution in [0.15, 0.2) is 84.3 Å². The van der Waals surface area contributed by atoms with Crippen molar-refractivity contribution >= 4 is 60.6 Å². The molecule has 0 saturated heterocycles. The van der Waals surface area contributed by atoms with Gasteiger partial charge in [-0.25, -0.2) is 4.79 Å². The third kappa shape index (κ3) is 5.36. The average molecular weight is 602 g/mol. The van der Waals surface area contributed by atoms with Crippen molar-refractivity contribution in [3.8, 4) is 11.5 Å². The Hall–Kier alpha value is -3.70. The summed E-state index contributed by atoms with van der Waals surface area (Å²) in [5.74, 6) is 0.260. The lowest BCUT2D eigenvalue weighted by Gasteiger charge is -2.15. The van der Waals surface area contributed by atoms with Crippen LogP contribution in [0.4, 0.5) is 5.69 Å².